The predicted molar refractivity (Wildman–Crippen MR) is 123 cm³/mol. The Balaban J connectivity index is 0.00000364. The zero-order chi connectivity index (χ0) is 18.8. The van der Waals surface area contributed by atoms with Crippen molar-refractivity contribution in [1.29, 1.82) is 0 Å². The van der Waals surface area contributed by atoms with Crippen molar-refractivity contribution < 1.29 is 9.84 Å². The lowest BCUT2D eigenvalue weighted by Gasteiger charge is -2.29. The van der Waals surface area contributed by atoms with E-state index in [2.05, 4.69) is 40.9 Å². The average molecular weight is 496 g/mol. The topological polar surface area (TPSA) is 60.3 Å². The number of aliphatic imine (C=N–C) groups is 1. The first-order valence-corrected chi connectivity index (χ1v) is 10.6. The van der Waals surface area contributed by atoms with E-state index in [9.17, 15) is 5.11 Å². The summed E-state index contributed by atoms with van der Waals surface area (Å²) < 4.78 is 5.52. The highest BCUT2D eigenvalue weighted by molar-refractivity contribution is 14.0. The Bertz CT molecular complexity index is 417. The maximum Gasteiger partial charge on any atom is 0.194 e. The van der Waals surface area contributed by atoms with Gasteiger partial charge in [0.15, 0.2) is 5.96 Å². The van der Waals surface area contributed by atoms with Gasteiger partial charge in [0.05, 0.1) is 19.3 Å². The molecule has 0 aromatic carbocycles. The molecule has 2 aliphatic heterocycles. The molecule has 0 spiro atoms. The Morgan fingerprint density at radius 1 is 1.19 bits per heavy atom. The van der Waals surface area contributed by atoms with E-state index in [1.54, 1.807) is 0 Å². The van der Waals surface area contributed by atoms with Crippen LogP contribution in [0, 0.1) is 11.8 Å². The van der Waals surface area contributed by atoms with E-state index in [4.69, 9.17) is 4.74 Å². The van der Waals surface area contributed by atoms with Crippen LogP contribution in [0.25, 0.3) is 0 Å². The van der Waals surface area contributed by atoms with E-state index >= 15 is 0 Å². The van der Waals surface area contributed by atoms with Gasteiger partial charge in [0.25, 0.3) is 0 Å². The smallest absolute Gasteiger partial charge is 0.194 e. The number of hydrogen-bond acceptors (Lipinski definition) is 4. The van der Waals surface area contributed by atoms with Crippen molar-refractivity contribution in [2.24, 2.45) is 16.8 Å². The van der Waals surface area contributed by atoms with Gasteiger partial charge < -0.3 is 25.0 Å². The second kappa shape index (κ2) is 14.0. The molecule has 2 rings (SSSR count). The summed E-state index contributed by atoms with van der Waals surface area (Å²) in [5, 5.41) is 13.5. The van der Waals surface area contributed by atoms with E-state index in [0.29, 0.717) is 25.7 Å². The Hall–Kier alpha value is -0.120. The van der Waals surface area contributed by atoms with Gasteiger partial charge in [-0.05, 0) is 51.1 Å². The number of aliphatic hydroxyl groups is 1. The third-order valence-electron chi connectivity index (χ3n) is 5.10. The highest BCUT2D eigenvalue weighted by Crippen LogP contribution is 2.20. The molecule has 0 radical (unpaired) electrons. The van der Waals surface area contributed by atoms with E-state index < -0.39 is 6.10 Å². The molecule has 0 aromatic heterocycles. The number of halogens is 1. The second-order valence-corrected chi connectivity index (χ2v) is 8.24. The molecule has 6 nitrogen and oxygen atoms in total. The number of guanidine groups is 1. The van der Waals surface area contributed by atoms with Crippen molar-refractivity contribution in [3.8, 4) is 0 Å². The molecule has 2 atom stereocenters. The van der Waals surface area contributed by atoms with Gasteiger partial charge in [-0.2, -0.15) is 0 Å². The summed E-state index contributed by atoms with van der Waals surface area (Å²) in [6, 6.07) is 0. The molecule has 0 saturated carbocycles. The monoisotopic (exact) mass is 496 g/mol. The fourth-order valence-corrected chi connectivity index (χ4v) is 3.79. The van der Waals surface area contributed by atoms with E-state index in [-0.39, 0.29) is 24.0 Å². The Labute approximate surface area is 183 Å². The summed E-state index contributed by atoms with van der Waals surface area (Å²) in [7, 11) is 0. The van der Waals surface area contributed by atoms with Crippen LogP contribution in [0.3, 0.4) is 0 Å². The molecule has 27 heavy (non-hydrogen) atoms. The van der Waals surface area contributed by atoms with E-state index in [0.717, 1.165) is 31.5 Å². The van der Waals surface area contributed by atoms with E-state index in [1.807, 2.05) is 0 Å². The fraction of sp³-hybridized carbons (Fsp3) is 0.950. The summed E-state index contributed by atoms with van der Waals surface area (Å²) in [5.74, 6) is 2.16. The van der Waals surface area contributed by atoms with Crippen molar-refractivity contribution in [3.05, 3.63) is 0 Å². The minimum atomic E-state index is -0.533. The van der Waals surface area contributed by atoms with Gasteiger partial charge in [-0.1, -0.05) is 20.3 Å². The molecule has 7 heteroatoms. The zero-order valence-corrected chi connectivity index (χ0v) is 19.9. The van der Waals surface area contributed by atoms with Crippen molar-refractivity contribution in [2.45, 2.75) is 52.6 Å². The minimum Gasteiger partial charge on any atom is -0.389 e. The number of aliphatic hydroxyl groups excluding tert-OH is 1. The third kappa shape index (κ3) is 9.76. The predicted octanol–water partition coefficient (Wildman–Crippen LogP) is 2.41. The van der Waals surface area contributed by atoms with Crippen LogP contribution in [0.2, 0.25) is 0 Å². The number of ether oxygens (including phenoxy) is 1. The number of likely N-dealkylation sites (tertiary alicyclic amines) is 2. The van der Waals surface area contributed by atoms with E-state index in [1.165, 1.54) is 45.3 Å². The van der Waals surface area contributed by atoms with Crippen LogP contribution in [0.4, 0.5) is 0 Å². The second-order valence-electron chi connectivity index (χ2n) is 8.24. The summed E-state index contributed by atoms with van der Waals surface area (Å²) in [6.07, 6.45) is 4.82. The van der Waals surface area contributed by atoms with Crippen LogP contribution in [-0.2, 0) is 4.74 Å². The van der Waals surface area contributed by atoms with Crippen LogP contribution >= 0.6 is 24.0 Å². The molecule has 0 amide bonds. The molecule has 2 unspecified atom stereocenters. The third-order valence-corrected chi connectivity index (χ3v) is 5.10. The van der Waals surface area contributed by atoms with Crippen molar-refractivity contribution in [2.75, 3.05) is 59.0 Å². The number of nitrogens with one attached hydrogen (secondary N) is 1. The van der Waals surface area contributed by atoms with Crippen molar-refractivity contribution in [3.63, 3.8) is 0 Å². The lowest BCUT2D eigenvalue weighted by molar-refractivity contribution is 0.0300. The van der Waals surface area contributed by atoms with Crippen LogP contribution < -0.4 is 5.32 Å². The SMILES string of the molecule is CCNC(=NCC(O)COCC(C)C)N1CCC(CN2CCCCC2)C1.I. The van der Waals surface area contributed by atoms with Crippen LogP contribution in [0.5, 0.6) is 0 Å². The summed E-state index contributed by atoms with van der Waals surface area (Å²) >= 11 is 0. The molecule has 0 aromatic rings. The normalized spacial score (nSPS) is 22.8. The van der Waals surface area contributed by atoms with Crippen LogP contribution in [0.15, 0.2) is 4.99 Å². The maximum absolute atomic E-state index is 10.1. The first kappa shape index (κ1) is 24.9. The van der Waals surface area contributed by atoms with Gasteiger partial charge >= 0.3 is 0 Å². The molecule has 2 aliphatic rings. The first-order chi connectivity index (χ1) is 12.6. The molecule has 2 fully saturated rings. The number of nitrogens with zero attached hydrogens (tertiary/aromatic N) is 3. The Kier molecular flexibility index (Phi) is 12.9. The summed E-state index contributed by atoms with van der Waals surface area (Å²) in [4.78, 5) is 9.66. The van der Waals surface area contributed by atoms with Gasteiger partial charge in [-0.3, -0.25) is 4.99 Å². The zero-order valence-electron chi connectivity index (χ0n) is 17.5. The standard InChI is InChI=1S/C20H40N4O2.HI/c1-4-21-20(22-12-19(25)16-26-15-17(2)3)24-11-8-18(14-24)13-23-9-6-5-7-10-23;/h17-19,25H,4-16H2,1-3H3,(H,21,22);1H. The fourth-order valence-electron chi connectivity index (χ4n) is 3.79. The van der Waals surface area contributed by atoms with Gasteiger partial charge in [0, 0.05) is 32.8 Å². The minimum absolute atomic E-state index is 0. The summed E-state index contributed by atoms with van der Waals surface area (Å²) in [6.45, 7) is 14.5. The van der Waals surface area contributed by atoms with Gasteiger partial charge in [0.1, 0.15) is 0 Å². The molecule has 160 valence electrons. The quantitative estimate of drug-likeness (QED) is 0.292. The molecule has 2 saturated heterocycles. The number of hydrogen-bond donors (Lipinski definition) is 2. The molecule has 0 bridgehead atoms. The molecule has 2 N–H and O–H groups in total. The number of piperidine rings is 1. The average Bonchev–Trinajstić information content (AvgIpc) is 3.07. The first-order valence-electron chi connectivity index (χ1n) is 10.6. The van der Waals surface area contributed by atoms with Crippen LogP contribution in [0.1, 0.15) is 46.5 Å². The molecular formula is C20H41IN4O2. The highest BCUT2D eigenvalue weighted by atomic mass is 127. The molecule has 0 aliphatic carbocycles. The maximum atomic E-state index is 10.1. The van der Waals surface area contributed by atoms with Crippen molar-refractivity contribution >= 4 is 29.9 Å². The number of rotatable bonds is 9. The lowest BCUT2D eigenvalue weighted by atomic mass is 10.1. The Morgan fingerprint density at radius 2 is 1.93 bits per heavy atom. The largest absolute Gasteiger partial charge is 0.389 e. The van der Waals surface area contributed by atoms with Crippen molar-refractivity contribution in [1.82, 2.24) is 15.1 Å². The molecule has 2 heterocycles. The molecular weight excluding hydrogens is 455 g/mol. The van der Waals surface area contributed by atoms with Gasteiger partial charge in [-0.15, -0.1) is 24.0 Å². The van der Waals surface area contributed by atoms with Gasteiger partial charge in [0.2, 0.25) is 0 Å². The summed E-state index contributed by atoms with van der Waals surface area (Å²) in [5.41, 5.74) is 0. The lowest BCUT2D eigenvalue weighted by Crippen LogP contribution is -2.41. The Morgan fingerprint density at radius 3 is 2.59 bits per heavy atom. The van der Waals surface area contributed by atoms with Gasteiger partial charge in [-0.25, -0.2) is 0 Å². The highest BCUT2D eigenvalue weighted by Gasteiger charge is 2.27. The van der Waals surface area contributed by atoms with Crippen LogP contribution in [-0.4, -0.2) is 86.0 Å².